The largest absolute Gasteiger partial charge is 0.326 e. The van der Waals surface area contributed by atoms with E-state index in [0.29, 0.717) is 0 Å². The number of fused-ring (bicyclic) bond motifs is 1. The summed E-state index contributed by atoms with van der Waals surface area (Å²) < 4.78 is 2.54. The molecule has 0 amide bonds. The van der Waals surface area contributed by atoms with Crippen LogP contribution in [0.1, 0.15) is 0 Å². The van der Waals surface area contributed by atoms with Crippen LogP contribution in [0.4, 0.5) is 0 Å². The highest BCUT2D eigenvalue weighted by Gasteiger charge is 1.97. The van der Waals surface area contributed by atoms with E-state index < -0.39 is 0 Å². The SMILES string of the molecule is Cn1cnc2[nH]ncc2c1=S. The molecule has 0 aliphatic heterocycles. The minimum atomic E-state index is 0.744. The van der Waals surface area contributed by atoms with Crippen molar-refractivity contribution in [1.29, 1.82) is 0 Å². The van der Waals surface area contributed by atoms with E-state index in [9.17, 15) is 0 Å². The Morgan fingerprint density at radius 2 is 2.45 bits per heavy atom. The van der Waals surface area contributed by atoms with E-state index in [1.807, 2.05) is 7.05 Å². The lowest BCUT2D eigenvalue weighted by Crippen LogP contribution is -1.93. The Balaban J connectivity index is 3.05. The number of H-pyrrole nitrogens is 1. The molecule has 0 saturated heterocycles. The Labute approximate surface area is 67.9 Å². The molecule has 0 aromatic carbocycles. The molecule has 5 heteroatoms. The molecule has 0 aliphatic carbocycles. The predicted octanol–water partition coefficient (Wildman–Crippen LogP) is 1.03. The molecule has 0 unspecified atom stereocenters. The van der Waals surface area contributed by atoms with Crippen molar-refractivity contribution in [2.75, 3.05) is 0 Å². The smallest absolute Gasteiger partial charge is 0.159 e. The Bertz CT molecular complexity index is 441. The van der Waals surface area contributed by atoms with Gasteiger partial charge in [0.1, 0.15) is 4.64 Å². The van der Waals surface area contributed by atoms with E-state index in [4.69, 9.17) is 12.2 Å². The molecule has 2 aromatic heterocycles. The predicted molar refractivity (Wildman–Crippen MR) is 43.7 cm³/mol. The number of aromatic nitrogens is 4. The molecule has 0 radical (unpaired) electrons. The second-order valence-corrected chi connectivity index (χ2v) is 2.68. The molecule has 4 nitrogen and oxygen atoms in total. The van der Waals surface area contributed by atoms with Gasteiger partial charge in [0.15, 0.2) is 5.65 Å². The second-order valence-electron chi connectivity index (χ2n) is 2.29. The van der Waals surface area contributed by atoms with Crippen molar-refractivity contribution in [1.82, 2.24) is 19.7 Å². The molecule has 2 aromatic rings. The molecule has 0 saturated carbocycles. The first-order valence-corrected chi connectivity index (χ1v) is 3.54. The number of nitrogens with one attached hydrogen (secondary N) is 1. The van der Waals surface area contributed by atoms with Crippen molar-refractivity contribution in [2.45, 2.75) is 0 Å². The van der Waals surface area contributed by atoms with Gasteiger partial charge in [0.25, 0.3) is 0 Å². The van der Waals surface area contributed by atoms with Crippen molar-refractivity contribution >= 4 is 23.3 Å². The molecule has 2 heterocycles. The average molecular weight is 166 g/mol. The summed E-state index contributed by atoms with van der Waals surface area (Å²) in [6.45, 7) is 0. The lowest BCUT2D eigenvalue weighted by molar-refractivity contribution is 0.864. The van der Waals surface area contributed by atoms with Crippen LogP contribution in [0.3, 0.4) is 0 Å². The van der Waals surface area contributed by atoms with Crippen molar-refractivity contribution in [2.24, 2.45) is 7.05 Å². The summed E-state index contributed by atoms with van der Waals surface area (Å²) in [6.07, 6.45) is 3.35. The van der Waals surface area contributed by atoms with E-state index in [1.165, 1.54) is 0 Å². The van der Waals surface area contributed by atoms with Gasteiger partial charge in [0, 0.05) is 7.05 Å². The van der Waals surface area contributed by atoms with Gasteiger partial charge in [0.2, 0.25) is 0 Å². The van der Waals surface area contributed by atoms with Crippen molar-refractivity contribution in [3.8, 4) is 0 Å². The molecule has 2 rings (SSSR count). The average Bonchev–Trinajstić information content (AvgIpc) is 2.45. The zero-order valence-electron chi connectivity index (χ0n) is 5.90. The summed E-state index contributed by atoms with van der Waals surface area (Å²) in [5, 5.41) is 7.48. The normalized spacial score (nSPS) is 10.6. The number of aryl methyl sites for hydroxylation is 1. The lowest BCUT2D eigenvalue weighted by Gasteiger charge is -1.95. The van der Waals surface area contributed by atoms with E-state index in [2.05, 4.69) is 15.2 Å². The molecule has 0 atom stereocenters. The van der Waals surface area contributed by atoms with Crippen LogP contribution in [0.5, 0.6) is 0 Å². The van der Waals surface area contributed by atoms with E-state index >= 15 is 0 Å². The maximum atomic E-state index is 5.11. The summed E-state index contributed by atoms with van der Waals surface area (Å²) in [5.74, 6) is 0. The van der Waals surface area contributed by atoms with Crippen molar-refractivity contribution in [3.63, 3.8) is 0 Å². The number of rotatable bonds is 0. The van der Waals surface area contributed by atoms with E-state index in [-0.39, 0.29) is 0 Å². The zero-order valence-corrected chi connectivity index (χ0v) is 6.72. The Morgan fingerprint density at radius 3 is 3.27 bits per heavy atom. The minimum absolute atomic E-state index is 0.744. The van der Waals surface area contributed by atoms with Crippen LogP contribution in [-0.4, -0.2) is 19.7 Å². The molecule has 0 aliphatic rings. The quantitative estimate of drug-likeness (QED) is 0.594. The number of aromatic amines is 1. The summed E-state index contributed by atoms with van der Waals surface area (Å²) in [6, 6.07) is 0. The van der Waals surface area contributed by atoms with Crippen LogP contribution >= 0.6 is 12.2 Å². The molecular weight excluding hydrogens is 160 g/mol. The van der Waals surface area contributed by atoms with E-state index in [1.54, 1.807) is 17.1 Å². The zero-order chi connectivity index (χ0) is 7.84. The third kappa shape index (κ3) is 0.848. The third-order valence-electron chi connectivity index (χ3n) is 1.53. The van der Waals surface area contributed by atoms with Crippen LogP contribution in [0, 0.1) is 4.64 Å². The summed E-state index contributed by atoms with van der Waals surface area (Å²) in [4.78, 5) is 4.08. The van der Waals surface area contributed by atoms with Gasteiger partial charge in [-0.15, -0.1) is 0 Å². The molecule has 56 valence electrons. The van der Waals surface area contributed by atoms with Crippen LogP contribution < -0.4 is 0 Å². The van der Waals surface area contributed by atoms with Gasteiger partial charge in [-0.2, -0.15) is 5.10 Å². The van der Waals surface area contributed by atoms with Gasteiger partial charge in [-0.25, -0.2) is 4.98 Å². The Hall–Kier alpha value is -1.23. The summed E-state index contributed by atoms with van der Waals surface area (Å²) in [7, 11) is 1.86. The monoisotopic (exact) mass is 166 g/mol. The van der Waals surface area contributed by atoms with Gasteiger partial charge in [-0.1, -0.05) is 12.2 Å². The first-order chi connectivity index (χ1) is 5.29. The third-order valence-corrected chi connectivity index (χ3v) is 2.04. The number of hydrogen-bond acceptors (Lipinski definition) is 3. The standard InChI is InChI=1S/C6H6N4S/c1-10-3-7-5-4(6(10)11)2-8-9-5/h2-3H,1H3,(H,8,9). The second kappa shape index (κ2) is 2.13. The van der Waals surface area contributed by atoms with Crippen molar-refractivity contribution in [3.05, 3.63) is 17.2 Å². The van der Waals surface area contributed by atoms with Gasteiger partial charge in [0.05, 0.1) is 17.9 Å². The highest BCUT2D eigenvalue weighted by atomic mass is 32.1. The van der Waals surface area contributed by atoms with Gasteiger partial charge in [-0.05, 0) is 0 Å². The molecule has 1 N–H and O–H groups in total. The highest BCUT2D eigenvalue weighted by molar-refractivity contribution is 7.71. The fourth-order valence-corrected chi connectivity index (χ4v) is 1.12. The fourth-order valence-electron chi connectivity index (χ4n) is 0.921. The topological polar surface area (TPSA) is 46.5 Å². The van der Waals surface area contributed by atoms with Crippen LogP contribution in [0.25, 0.3) is 11.0 Å². The van der Waals surface area contributed by atoms with Crippen LogP contribution in [-0.2, 0) is 7.05 Å². The van der Waals surface area contributed by atoms with Gasteiger partial charge in [-0.3, -0.25) is 5.10 Å². The van der Waals surface area contributed by atoms with Gasteiger partial charge >= 0.3 is 0 Å². The Morgan fingerprint density at radius 1 is 1.64 bits per heavy atom. The molecule has 0 fully saturated rings. The molecule has 0 spiro atoms. The fraction of sp³-hybridized carbons (Fsp3) is 0.167. The molecule has 11 heavy (non-hydrogen) atoms. The van der Waals surface area contributed by atoms with Crippen LogP contribution in [0.15, 0.2) is 12.5 Å². The van der Waals surface area contributed by atoms with Gasteiger partial charge < -0.3 is 4.57 Å². The molecular formula is C6H6N4S. The lowest BCUT2D eigenvalue weighted by atomic mass is 10.4. The Kier molecular flexibility index (Phi) is 1.25. The minimum Gasteiger partial charge on any atom is -0.326 e. The van der Waals surface area contributed by atoms with Crippen LogP contribution in [0.2, 0.25) is 0 Å². The first kappa shape index (κ1) is 6.48. The number of hydrogen-bond donors (Lipinski definition) is 1. The maximum Gasteiger partial charge on any atom is 0.159 e. The van der Waals surface area contributed by atoms with Crippen molar-refractivity contribution < 1.29 is 0 Å². The summed E-state index contributed by atoms with van der Waals surface area (Å²) >= 11 is 5.11. The first-order valence-electron chi connectivity index (χ1n) is 3.14. The molecule has 0 bridgehead atoms. The highest BCUT2D eigenvalue weighted by Crippen LogP contribution is 2.07. The number of nitrogens with zero attached hydrogens (tertiary/aromatic N) is 3. The summed E-state index contributed by atoms with van der Waals surface area (Å²) in [5.41, 5.74) is 0.744. The maximum absolute atomic E-state index is 5.11. The van der Waals surface area contributed by atoms with E-state index in [0.717, 1.165) is 15.7 Å².